The van der Waals surface area contributed by atoms with Gasteiger partial charge in [0.1, 0.15) is 5.82 Å². The number of ether oxygens (including phenoxy) is 1. The van der Waals surface area contributed by atoms with E-state index >= 15 is 0 Å². The third kappa shape index (κ3) is 5.46. The van der Waals surface area contributed by atoms with Crippen LogP contribution in [0.25, 0.3) is 6.08 Å². The molecular formula is C25H28FN3O4. The summed E-state index contributed by atoms with van der Waals surface area (Å²) in [6, 6.07) is 14.0. The number of hydrogen-bond donors (Lipinski definition) is 0. The molecule has 174 valence electrons. The van der Waals surface area contributed by atoms with Gasteiger partial charge >= 0.3 is 0 Å². The average molecular weight is 454 g/mol. The summed E-state index contributed by atoms with van der Waals surface area (Å²) in [6.07, 6.45) is 4.25. The number of amides is 1. The van der Waals surface area contributed by atoms with Crippen molar-refractivity contribution in [2.45, 2.75) is 38.0 Å². The van der Waals surface area contributed by atoms with Crippen molar-refractivity contribution >= 4 is 17.7 Å². The first-order valence-electron chi connectivity index (χ1n) is 11.2. The number of morpholine rings is 1. The number of hydrogen-bond acceptors (Lipinski definition) is 5. The number of rotatable bonds is 5. The Bertz CT molecular complexity index is 1040. The molecule has 1 spiro atoms. The number of piperidine rings is 1. The maximum absolute atomic E-state index is 14.4. The van der Waals surface area contributed by atoms with Gasteiger partial charge < -0.3 is 9.64 Å². The molecule has 2 saturated heterocycles. The van der Waals surface area contributed by atoms with E-state index in [1.54, 1.807) is 13.0 Å². The van der Waals surface area contributed by atoms with E-state index in [9.17, 15) is 19.3 Å². The second kappa shape index (κ2) is 9.80. The summed E-state index contributed by atoms with van der Waals surface area (Å²) in [7, 11) is 0. The van der Waals surface area contributed by atoms with Crippen LogP contribution in [0.5, 0.6) is 0 Å². The lowest BCUT2D eigenvalue weighted by Gasteiger charge is -2.49. The average Bonchev–Trinajstić information content (AvgIpc) is 2.79. The van der Waals surface area contributed by atoms with Gasteiger partial charge in [-0.15, -0.1) is 0 Å². The largest absolute Gasteiger partial charge is 0.365 e. The first-order valence-corrected chi connectivity index (χ1v) is 11.2. The van der Waals surface area contributed by atoms with Gasteiger partial charge in [0, 0.05) is 45.7 Å². The van der Waals surface area contributed by atoms with Crippen LogP contribution in [0, 0.1) is 15.9 Å². The fourth-order valence-corrected chi connectivity index (χ4v) is 4.74. The van der Waals surface area contributed by atoms with Crippen LogP contribution in [-0.4, -0.2) is 58.5 Å². The minimum Gasteiger partial charge on any atom is -0.365 e. The summed E-state index contributed by atoms with van der Waals surface area (Å²) in [4.78, 5) is 26.7. The second-order valence-electron chi connectivity index (χ2n) is 8.79. The van der Waals surface area contributed by atoms with E-state index < -0.39 is 16.3 Å². The SMILES string of the molecule is CC(=O)N1CCC2(CC1)CN(Cc1ccccc1)CC(/C=C/c1c(F)cccc1[N+](=O)[O-])O2. The van der Waals surface area contributed by atoms with Crippen LogP contribution < -0.4 is 0 Å². The fourth-order valence-electron chi connectivity index (χ4n) is 4.74. The lowest BCUT2D eigenvalue weighted by Crippen LogP contribution is -2.59. The van der Waals surface area contributed by atoms with Gasteiger partial charge in [0.05, 0.1) is 22.2 Å². The lowest BCUT2D eigenvalue weighted by atomic mass is 9.88. The Hall–Kier alpha value is -3.10. The highest BCUT2D eigenvalue weighted by Crippen LogP contribution is 2.34. The van der Waals surface area contributed by atoms with Crippen molar-refractivity contribution in [3.63, 3.8) is 0 Å². The van der Waals surface area contributed by atoms with Crippen LogP contribution in [-0.2, 0) is 16.1 Å². The predicted molar refractivity (Wildman–Crippen MR) is 123 cm³/mol. The van der Waals surface area contributed by atoms with Gasteiger partial charge in [-0.05, 0) is 30.5 Å². The zero-order valence-corrected chi connectivity index (χ0v) is 18.7. The van der Waals surface area contributed by atoms with Crippen LogP contribution in [0.2, 0.25) is 0 Å². The van der Waals surface area contributed by atoms with E-state index in [-0.39, 0.29) is 23.3 Å². The Morgan fingerprint density at radius 3 is 2.61 bits per heavy atom. The van der Waals surface area contributed by atoms with Gasteiger partial charge in [-0.25, -0.2) is 4.39 Å². The Morgan fingerprint density at radius 2 is 1.94 bits per heavy atom. The predicted octanol–water partition coefficient (Wildman–Crippen LogP) is 4.03. The summed E-state index contributed by atoms with van der Waals surface area (Å²) < 4.78 is 20.9. The number of carbonyl (C=O) groups excluding carboxylic acids is 1. The summed E-state index contributed by atoms with van der Waals surface area (Å²) in [5.41, 5.74) is 0.442. The molecule has 2 heterocycles. The Morgan fingerprint density at radius 1 is 1.21 bits per heavy atom. The second-order valence-corrected chi connectivity index (χ2v) is 8.79. The zero-order valence-electron chi connectivity index (χ0n) is 18.7. The monoisotopic (exact) mass is 453 g/mol. The van der Waals surface area contributed by atoms with Gasteiger partial charge in [0.2, 0.25) is 5.91 Å². The van der Waals surface area contributed by atoms with Crippen LogP contribution >= 0.6 is 0 Å². The van der Waals surface area contributed by atoms with Crippen molar-refractivity contribution in [1.82, 2.24) is 9.80 Å². The molecule has 0 aromatic heterocycles. The number of carbonyl (C=O) groups is 1. The number of likely N-dealkylation sites (tertiary alicyclic amines) is 1. The molecule has 33 heavy (non-hydrogen) atoms. The van der Waals surface area contributed by atoms with Crippen LogP contribution in [0.3, 0.4) is 0 Å². The maximum Gasteiger partial charge on any atom is 0.279 e. The first-order chi connectivity index (χ1) is 15.8. The molecule has 1 atom stereocenters. The normalized spacial score (nSPS) is 20.9. The summed E-state index contributed by atoms with van der Waals surface area (Å²) >= 11 is 0. The van der Waals surface area contributed by atoms with Gasteiger partial charge in [-0.3, -0.25) is 19.8 Å². The molecule has 2 fully saturated rings. The molecule has 0 saturated carbocycles. The molecule has 4 rings (SSSR count). The Kier molecular flexibility index (Phi) is 6.85. The van der Waals surface area contributed by atoms with Crippen molar-refractivity contribution in [2.24, 2.45) is 0 Å². The molecule has 0 radical (unpaired) electrons. The number of nitro groups is 1. The maximum atomic E-state index is 14.4. The number of nitro benzene ring substituents is 1. The van der Waals surface area contributed by atoms with Gasteiger partial charge in [0.25, 0.3) is 5.69 Å². The molecule has 2 aliphatic rings. The molecular weight excluding hydrogens is 425 g/mol. The minimum atomic E-state index is -0.637. The highest BCUT2D eigenvalue weighted by Gasteiger charge is 2.42. The number of halogens is 1. The van der Waals surface area contributed by atoms with Crippen molar-refractivity contribution in [2.75, 3.05) is 26.2 Å². The summed E-state index contributed by atoms with van der Waals surface area (Å²) in [5, 5.41) is 11.3. The quantitative estimate of drug-likeness (QED) is 0.505. The van der Waals surface area contributed by atoms with E-state index in [1.807, 2.05) is 23.1 Å². The smallest absolute Gasteiger partial charge is 0.279 e. The fraction of sp³-hybridized carbons (Fsp3) is 0.400. The highest BCUT2D eigenvalue weighted by molar-refractivity contribution is 5.73. The van der Waals surface area contributed by atoms with Crippen molar-refractivity contribution in [3.8, 4) is 0 Å². The Balaban J connectivity index is 1.57. The van der Waals surface area contributed by atoms with Crippen molar-refractivity contribution in [1.29, 1.82) is 0 Å². The van der Waals surface area contributed by atoms with E-state index in [4.69, 9.17) is 4.74 Å². The molecule has 2 aliphatic heterocycles. The molecule has 8 heteroatoms. The van der Waals surface area contributed by atoms with Gasteiger partial charge in [-0.1, -0.05) is 42.5 Å². The van der Waals surface area contributed by atoms with Gasteiger partial charge in [-0.2, -0.15) is 0 Å². The number of nitrogens with zero attached hydrogens (tertiary/aromatic N) is 3. The molecule has 2 aromatic carbocycles. The zero-order chi connectivity index (χ0) is 23.4. The van der Waals surface area contributed by atoms with Crippen LogP contribution in [0.15, 0.2) is 54.6 Å². The van der Waals surface area contributed by atoms with Crippen LogP contribution in [0.4, 0.5) is 10.1 Å². The molecule has 7 nitrogen and oxygen atoms in total. The van der Waals surface area contributed by atoms with Crippen molar-refractivity contribution < 1.29 is 18.8 Å². The third-order valence-corrected chi connectivity index (χ3v) is 6.42. The van der Waals surface area contributed by atoms with Crippen LogP contribution in [0.1, 0.15) is 30.9 Å². The first kappa shape index (κ1) is 23.1. The third-order valence-electron chi connectivity index (χ3n) is 6.42. The summed E-state index contributed by atoms with van der Waals surface area (Å²) in [5.74, 6) is -0.577. The molecule has 0 bridgehead atoms. The molecule has 2 aromatic rings. The van der Waals surface area contributed by atoms with E-state index in [0.717, 1.165) is 13.1 Å². The van der Waals surface area contributed by atoms with E-state index in [1.165, 1.54) is 29.8 Å². The van der Waals surface area contributed by atoms with E-state index in [0.29, 0.717) is 32.5 Å². The van der Waals surface area contributed by atoms with E-state index in [2.05, 4.69) is 17.0 Å². The van der Waals surface area contributed by atoms with Crippen molar-refractivity contribution in [3.05, 3.63) is 81.7 Å². The molecule has 1 amide bonds. The summed E-state index contributed by atoms with van der Waals surface area (Å²) in [6.45, 7) is 4.90. The molecule has 0 N–H and O–H groups in total. The molecule has 0 aliphatic carbocycles. The topological polar surface area (TPSA) is 75.9 Å². The minimum absolute atomic E-state index is 0.0493. The van der Waals surface area contributed by atoms with Gasteiger partial charge in [0.15, 0.2) is 0 Å². The lowest BCUT2D eigenvalue weighted by molar-refractivity contribution is -0.385. The number of benzene rings is 2. The molecule has 1 unspecified atom stereocenters. The Labute approximate surface area is 192 Å². The highest BCUT2D eigenvalue weighted by atomic mass is 19.1. The standard InChI is InChI=1S/C25H28FN3O4/c1-19(30)28-14-12-25(13-15-28)18-27(16-20-6-3-2-4-7-20)17-21(33-25)10-11-22-23(26)8-5-9-24(22)29(31)32/h2-11,21H,12-18H2,1H3/b11-10+.